The fourth-order valence-electron chi connectivity index (χ4n) is 2.97. The Balaban J connectivity index is 0.00000280. The van der Waals surface area contributed by atoms with Gasteiger partial charge < -0.3 is 10.6 Å². The molecule has 0 fully saturated rings. The van der Waals surface area contributed by atoms with E-state index < -0.39 is 0 Å². The summed E-state index contributed by atoms with van der Waals surface area (Å²) >= 11 is 0. The van der Waals surface area contributed by atoms with Gasteiger partial charge >= 0.3 is 0 Å². The van der Waals surface area contributed by atoms with Crippen molar-refractivity contribution < 1.29 is 0 Å². The van der Waals surface area contributed by atoms with Crippen LogP contribution in [-0.2, 0) is 13.1 Å². The van der Waals surface area contributed by atoms with Crippen LogP contribution < -0.4 is 10.6 Å². The number of hydrogen-bond donors (Lipinski definition) is 2. The number of hydrogen-bond acceptors (Lipinski definition) is 2. The van der Waals surface area contributed by atoms with E-state index in [1.165, 1.54) is 16.7 Å². The molecule has 2 N–H and O–H groups in total. The summed E-state index contributed by atoms with van der Waals surface area (Å²) in [7, 11) is 1.80. The second kappa shape index (κ2) is 11.5. The second-order valence-electron chi connectivity index (χ2n) is 6.64. The smallest absolute Gasteiger partial charge is 0.191 e. The van der Waals surface area contributed by atoms with Crippen molar-refractivity contribution in [3.05, 3.63) is 89.7 Å². The van der Waals surface area contributed by atoms with E-state index in [1.807, 2.05) is 23.0 Å². The van der Waals surface area contributed by atoms with Crippen molar-refractivity contribution in [3.8, 4) is 0 Å². The Morgan fingerprint density at radius 3 is 2.54 bits per heavy atom. The van der Waals surface area contributed by atoms with Gasteiger partial charge in [0.05, 0.1) is 6.54 Å². The largest absolute Gasteiger partial charge is 0.356 e. The maximum atomic E-state index is 4.33. The van der Waals surface area contributed by atoms with E-state index in [2.05, 4.69) is 76.2 Å². The lowest BCUT2D eigenvalue weighted by atomic mass is 10.0. The van der Waals surface area contributed by atoms with Crippen LogP contribution in [0.4, 0.5) is 0 Å². The number of rotatable bonds is 7. The summed E-state index contributed by atoms with van der Waals surface area (Å²) in [5.41, 5.74) is 3.78. The maximum absolute atomic E-state index is 4.33. The van der Waals surface area contributed by atoms with Gasteiger partial charge in [0, 0.05) is 32.5 Å². The first-order valence-corrected chi connectivity index (χ1v) is 9.29. The van der Waals surface area contributed by atoms with Crippen molar-refractivity contribution in [2.45, 2.75) is 25.9 Å². The molecule has 1 aromatic heterocycles. The molecule has 0 bridgehead atoms. The highest BCUT2D eigenvalue weighted by atomic mass is 127. The van der Waals surface area contributed by atoms with Gasteiger partial charge in [0.25, 0.3) is 0 Å². The van der Waals surface area contributed by atoms with Crippen molar-refractivity contribution in [2.24, 2.45) is 4.99 Å². The number of benzene rings is 2. The van der Waals surface area contributed by atoms with Crippen LogP contribution in [0.25, 0.3) is 0 Å². The summed E-state index contributed by atoms with van der Waals surface area (Å²) in [6, 6.07) is 21.0. The van der Waals surface area contributed by atoms with E-state index in [9.17, 15) is 0 Å². The average Bonchev–Trinajstić information content (AvgIpc) is 3.22. The van der Waals surface area contributed by atoms with Crippen molar-refractivity contribution in [2.75, 3.05) is 13.6 Å². The highest BCUT2D eigenvalue weighted by Gasteiger charge is 2.06. The molecule has 2 aromatic carbocycles. The molecule has 1 unspecified atom stereocenters. The topological polar surface area (TPSA) is 54.2 Å². The summed E-state index contributed by atoms with van der Waals surface area (Å²) < 4.78 is 1.93. The minimum absolute atomic E-state index is 0. The van der Waals surface area contributed by atoms with Gasteiger partial charge in [-0.1, -0.05) is 61.5 Å². The third-order valence-corrected chi connectivity index (χ3v) is 4.52. The highest BCUT2D eigenvalue weighted by molar-refractivity contribution is 14.0. The summed E-state index contributed by atoms with van der Waals surface area (Å²) in [5.74, 6) is 1.23. The fourth-order valence-corrected chi connectivity index (χ4v) is 2.97. The van der Waals surface area contributed by atoms with E-state index in [0.717, 1.165) is 25.6 Å². The van der Waals surface area contributed by atoms with Gasteiger partial charge in [0.15, 0.2) is 5.96 Å². The first-order chi connectivity index (χ1) is 13.2. The minimum Gasteiger partial charge on any atom is -0.356 e. The zero-order valence-electron chi connectivity index (χ0n) is 16.4. The maximum Gasteiger partial charge on any atom is 0.191 e. The van der Waals surface area contributed by atoms with E-state index in [0.29, 0.717) is 5.92 Å². The second-order valence-corrected chi connectivity index (χ2v) is 6.64. The molecule has 0 aliphatic heterocycles. The van der Waals surface area contributed by atoms with Crippen LogP contribution in [0.15, 0.2) is 78.0 Å². The molecule has 5 nitrogen and oxygen atoms in total. The number of nitrogens with zero attached hydrogens (tertiary/aromatic N) is 3. The monoisotopic (exact) mass is 489 g/mol. The Hall–Kier alpha value is -2.35. The quantitative estimate of drug-likeness (QED) is 0.300. The average molecular weight is 489 g/mol. The minimum atomic E-state index is 0. The fraction of sp³-hybridized carbons (Fsp3) is 0.273. The third-order valence-electron chi connectivity index (χ3n) is 4.52. The summed E-state index contributed by atoms with van der Waals surface area (Å²) in [4.78, 5) is 4.33. The molecule has 1 atom stereocenters. The van der Waals surface area contributed by atoms with E-state index in [1.54, 1.807) is 13.2 Å². The molecule has 0 saturated carbocycles. The van der Waals surface area contributed by atoms with Gasteiger partial charge in [-0.05, 0) is 28.7 Å². The van der Waals surface area contributed by atoms with Crippen molar-refractivity contribution in [1.82, 2.24) is 20.4 Å². The third kappa shape index (κ3) is 6.67. The van der Waals surface area contributed by atoms with Crippen molar-refractivity contribution >= 4 is 29.9 Å². The molecule has 0 spiro atoms. The van der Waals surface area contributed by atoms with Crippen LogP contribution in [0, 0.1) is 0 Å². The lowest BCUT2D eigenvalue weighted by Gasteiger charge is -2.16. The zero-order valence-corrected chi connectivity index (χ0v) is 18.7. The Morgan fingerprint density at radius 2 is 1.82 bits per heavy atom. The Bertz CT molecular complexity index is 846. The molecule has 1 heterocycles. The van der Waals surface area contributed by atoms with Crippen molar-refractivity contribution in [3.63, 3.8) is 0 Å². The van der Waals surface area contributed by atoms with Crippen LogP contribution >= 0.6 is 24.0 Å². The predicted molar refractivity (Wildman–Crippen MR) is 126 cm³/mol. The Kier molecular flexibility index (Phi) is 9.00. The highest BCUT2D eigenvalue weighted by Crippen LogP contribution is 2.13. The molecule has 3 aromatic rings. The summed E-state index contributed by atoms with van der Waals surface area (Å²) in [6.45, 7) is 4.56. The molecule has 0 aliphatic rings. The number of aromatic nitrogens is 2. The van der Waals surface area contributed by atoms with Gasteiger partial charge in [-0.15, -0.1) is 24.0 Å². The Labute approximate surface area is 184 Å². The lowest BCUT2D eigenvalue weighted by Crippen LogP contribution is -2.38. The van der Waals surface area contributed by atoms with E-state index in [-0.39, 0.29) is 24.0 Å². The van der Waals surface area contributed by atoms with Crippen LogP contribution in [0.5, 0.6) is 0 Å². The van der Waals surface area contributed by atoms with E-state index in [4.69, 9.17) is 0 Å². The summed E-state index contributed by atoms with van der Waals surface area (Å²) in [5, 5.41) is 11.1. The Morgan fingerprint density at radius 1 is 1.04 bits per heavy atom. The molecule has 3 rings (SSSR count). The molecule has 28 heavy (non-hydrogen) atoms. The van der Waals surface area contributed by atoms with Gasteiger partial charge in [-0.2, -0.15) is 5.10 Å². The molecule has 0 radical (unpaired) electrons. The first kappa shape index (κ1) is 21.9. The molecular formula is C22H28IN5. The van der Waals surface area contributed by atoms with Gasteiger partial charge in [-0.3, -0.25) is 9.67 Å². The van der Waals surface area contributed by atoms with Gasteiger partial charge in [-0.25, -0.2) is 0 Å². The summed E-state index contributed by atoms with van der Waals surface area (Å²) in [6.07, 6.45) is 3.78. The van der Waals surface area contributed by atoms with Crippen molar-refractivity contribution in [1.29, 1.82) is 0 Å². The zero-order chi connectivity index (χ0) is 18.9. The normalized spacial score (nSPS) is 12.1. The van der Waals surface area contributed by atoms with Crippen LogP contribution in [0.3, 0.4) is 0 Å². The van der Waals surface area contributed by atoms with Crippen LogP contribution in [0.2, 0.25) is 0 Å². The van der Waals surface area contributed by atoms with Crippen LogP contribution in [0.1, 0.15) is 29.5 Å². The van der Waals surface area contributed by atoms with Gasteiger partial charge in [0.2, 0.25) is 0 Å². The molecule has 6 heteroatoms. The SMILES string of the molecule is CN=C(NCc1cccc(Cn2cccn2)c1)NCC(C)c1ccccc1.I. The first-order valence-electron chi connectivity index (χ1n) is 9.29. The van der Waals surface area contributed by atoms with E-state index >= 15 is 0 Å². The lowest BCUT2D eigenvalue weighted by molar-refractivity contribution is 0.684. The van der Waals surface area contributed by atoms with Crippen LogP contribution in [-0.4, -0.2) is 29.3 Å². The molecule has 0 saturated heterocycles. The number of halogens is 1. The number of aliphatic imine (C=N–C) groups is 1. The molecule has 0 aliphatic carbocycles. The predicted octanol–water partition coefficient (Wildman–Crippen LogP) is 4.02. The number of nitrogens with one attached hydrogen (secondary N) is 2. The standard InChI is InChI=1S/C22H27N5.HI/c1-18(21-10-4-3-5-11-21)15-24-22(23-2)25-16-19-8-6-9-20(14-19)17-27-13-7-12-26-27;/h3-14,18H,15-17H2,1-2H3,(H2,23,24,25);1H. The van der Waals surface area contributed by atoms with Gasteiger partial charge in [0.1, 0.15) is 0 Å². The number of guanidine groups is 1. The molecule has 148 valence electrons. The molecule has 0 amide bonds. The molecular weight excluding hydrogens is 461 g/mol.